The first-order chi connectivity index (χ1) is 9.06. The van der Waals surface area contributed by atoms with Crippen molar-refractivity contribution in [3.05, 3.63) is 0 Å². The zero-order valence-electron chi connectivity index (χ0n) is 14.4. The molecule has 1 heteroatoms. The van der Waals surface area contributed by atoms with Gasteiger partial charge in [-0.15, -0.1) is 0 Å². The van der Waals surface area contributed by atoms with Gasteiger partial charge in [0, 0.05) is 8.07 Å². The molecule has 0 spiro atoms. The summed E-state index contributed by atoms with van der Waals surface area (Å²) in [5, 5.41) is 0. The van der Waals surface area contributed by atoms with Gasteiger partial charge in [-0.05, 0) is 0 Å². The molecule has 0 fully saturated rings. The SMILES string of the molecule is CCCCCCCCCCCCCCC[Si](C)(C)C. The number of rotatable bonds is 14. The summed E-state index contributed by atoms with van der Waals surface area (Å²) in [5.74, 6) is 0. The highest BCUT2D eigenvalue weighted by Gasteiger charge is 2.11. The van der Waals surface area contributed by atoms with Crippen LogP contribution in [-0.4, -0.2) is 8.07 Å². The van der Waals surface area contributed by atoms with E-state index in [9.17, 15) is 0 Å². The first-order valence-corrected chi connectivity index (χ1v) is 12.8. The molecule has 0 radical (unpaired) electrons. The zero-order valence-corrected chi connectivity index (χ0v) is 15.4. The normalized spacial score (nSPS) is 12.0. The molecule has 0 aromatic heterocycles. The van der Waals surface area contributed by atoms with E-state index in [1.807, 2.05) is 0 Å². The first kappa shape index (κ1) is 19.2. The number of hydrogen-bond donors (Lipinski definition) is 0. The van der Waals surface area contributed by atoms with Crippen LogP contribution in [0.3, 0.4) is 0 Å². The maximum Gasteiger partial charge on any atom is 0.0442 e. The molecule has 0 saturated heterocycles. The van der Waals surface area contributed by atoms with Crippen molar-refractivity contribution < 1.29 is 0 Å². The lowest BCUT2D eigenvalue weighted by molar-refractivity contribution is 0.542. The fourth-order valence-electron chi connectivity index (χ4n) is 2.67. The molecular formula is C18H40Si. The topological polar surface area (TPSA) is 0 Å². The van der Waals surface area contributed by atoms with Gasteiger partial charge in [-0.2, -0.15) is 0 Å². The van der Waals surface area contributed by atoms with Crippen LogP contribution >= 0.6 is 0 Å². The molecule has 0 bridgehead atoms. The molecular weight excluding hydrogens is 244 g/mol. The van der Waals surface area contributed by atoms with Crippen LogP contribution in [0, 0.1) is 0 Å². The van der Waals surface area contributed by atoms with E-state index in [0.29, 0.717) is 0 Å². The lowest BCUT2D eigenvalue weighted by Gasteiger charge is -2.14. The third kappa shape index (κ3) is 18.2. The molecule has 0 N–H and O–H groups in total. The zero-order chi connectivity index (χ0) is 14.4. The standard InChI is InChI=1S/C18H40Si/c1-5-6-7-8-9-10-11-12-13-14-15-16-17-18-19(2,3)4/h5-18H2,1-4H3. The van der Waals surface area contributed by atoms with Crippen LogP contribution in [0.1, 0.15) is 90.4 Å². The fraction of sp³-hybridized carbons (Fsp3) is 1.00. The van der Waals surface area contributed by atoms with Gasteiger partial charge in [0.25, 0.3) is 0 Å². The average molecular weight is 285 g/mol. The van der Waals surface area contributed by atoms with Crippen molar-refractivity contribution in [1.82, 2.24) is 0 Å². The summed E-state index contributed by atoms with van der Waals surface area (Å²) in [6.07, 6.45) is 19.1. The van der Waals surface area contributed by atoms with Crippen molar-refractivity contribution >= 4 is 8.07 Å². The van der Waals surface area contributed by atoms with Gasteiger partial charge in [0.1, 0.15) is 0 Å². The molecule has 0 aliphatic rings. The van der Waals surface area contributed by atoms with Gasteiger partial charge in [-0.3, -0.25) is 0 Å². The third-order valence-electron chi connectivity index (χ3n) is 4.03. The average Bonchev–Trinajstić information content (AvgIpc) is 2.34. The first-order valence-electron chi connectivity index (χ1n) is 9.06. The summed E-state index contributed by atoms with van der Waals surface area (Å²) in [5.41, 5.74) is 0. The molecule has 19 heavy (non-hydrogen) atoms. The van der Waals surface area contributed by atoms with E-state index < -0.39 is 8.07 Å². The summed E-state index contributed by atoms with van der Waals surface area (Å²) in [6.45, 7) is 9.78. The summed E-state index contributed by atoms with van der Waals surface area (Å²) < 4.78 is 0. The highest BCUT2D eigenvalue weighted by Crippen LogP contribution is 2.16. The van der Waals surface area contributed by atoms with E-state index in [2.05, 4.69) is 26.6 Å². The molecule has 0 aromatic rings. The van der Waals surface area contributed by atoms with E-state index in [1.165, 1.54) is 89.5 Å². The Morgan fingerprint density at radius 1 is 0.474 bits per heavy atom. The molecule has 0 aliphatic carbocycles. The molecule has 0 aliphatic heterocycles. The van der Waals surface area contributed by atoms with Crippen LogP contribution in [0.2, 0.25) is 25.7 Å². The Morgan fingerprint density at radius 2 is 0.789 bits per heavy atom. The largest absolute Gasteiger partial charge is 0.0695 e. The van der Waals surface area contributed by atoms with Gasteiger partial charge in [-0.25, -0.2) is 0 Å². The van der Waals surface area contributed by atoms with Crippen LogP contribution in [0.4, 0.5) is 0 Å². The third-order valence-corrected chi connectivity index (χ3v) is 5.88. The van der Waals surface area contributed by atoms with Crippen LogP contribution < -0.4 is 0 Å². The quantitative estimate of drug-likeness (QED) is 0.230. The molecule has 0 atom stereocenters. The predicted octanol–water partition coefficient (Wildman–Crippen LogP) is 7.42. The second-order valence-electron chi connectivity index (χ2n) is 7.55. The molecule has 0 nitrogen and oxygen atoms in total. The minimum Gasteiger partial charge on any atom is -0.0695 e. The molecule has 0 rings (SSSR count). The van der Waals surface area contributed by atoms with Crippen molar-refractivity contribution in [2.75, 3.05) is 0 Å². The van der Waals surface area contributed by atoms with E-state index in [1.54, 1.807) is 0 Å². The Balaban J connectivity index is 2.99. The maximum atomic E-state index is 2.49. The molecule has 116 valence electrons. The second kappa shape index (κ2) is 13.2. The number of unbranched alkanes of at least 4 members (excludes halogenated alkanes) is 12. The van der Waals surface area contributed by atoms with Gasteiger partial charge in [0.2, 0.25) is 0 Å². The smallest absolute Gasteiger partial charge is 0.0442 e. The van der Waals surface area contributed by atoms with Crippen LogP contribution in [0.15, 0.2) is 0 Å². The maximum absolute atomic E-state index is 2.49. The molecule has 0 saturated carbocycles. The summed E-state index contributed by atoms with van der Waals surface area (Å²) in [4.78, 5) is 0. The highest BCUT2D eigenvalue weighted by molar-refractivity contribution is 6.76. The lowest BCUT2D eigenvalue weighted by Crippen LogP contribution is -2.18. The number of hydrogen-bond acceptors (Lipinski definition) is 0. The van der Waals surface area contributed by atoms with Gasteiger partial charge in [0.15, 0.2) is 0 Å². The van der Waals surface area contributed by atoms with Gasteiger partial charge in [0.05, 0.1) is 0 Å². The Hall–Kier alpha value is 0.217. The predicted molar refractivity (Wildman–Crippen MR) is 93.8 cm³/mol. The van der Waals surface area contributed by atoms with Gasteiger partial charge < -0.3 is 0 Å². The van der Waals surface area contributed by atoms with E-state index in [4.69, 9.17) is 0 Å². The van der Waals surface area contributed by atoms with Crippen molar-refractivity contribution in [3.63, 3.8) is 0 Å². The summed E-state index contributed by atoms with van der Waals surface area (Å²) >= 11 is 0. The van der Waals surface area contributed by atoms with Gasteiger partial charge in [-0.1, -0.05) is 116 Å². The molecule has 0 unspecified atom stereocenters. The second-order valence-corrected chi connectivity index (χ2v) is 13.2. The minimum absolute atomic E-state index is 0.757. The Kier molecular flexibility index (Phi) is 13.4. The Labute approximate surface area is 124 Å². The fourth-order valence-corrected chi connectivity index (χ4v) is 3.98. The van der Waals surface area contributed by atoms with Crippen LogP contribution in [0.25, 0.3) is 0 Å². The molecule has 0 amide bonds. The van der Waals surface area contributed by atoms with Crippen LogP contribution in [0.5, 0.6) is 0 Å². The molecule has 0 aromatic carbocycles. The van der Waals surface area contributed by atoms with Crippen molar-refractivity contribution in [1.29, 1.82) is 0 Å². The van der Waals surface area contributed by atoms with Gasteiger partial charge >= 0.3 is 0 Å². The van der Waals surface area contributed by atoms with Crippen molar-refractivity contribution in [2.24, 2.45) is 0 Å². The minimum atomic E-state index is -0.757. The van der Waals surface area contributed by atoms with E-state index in [-0.39, 0.29) is 0 Å². The highest BCUT2D eigenvalue weighted by atomic mass is 28.3. The Morgan fingerprint density at radius 3 is 1.11 bits per heavy atom. The summed E-state index contributed by atoms with van der Waals surface area (Å²) in [6, 6.07) is 1.53. The summed E-state index contributed by atoms with van der Waals surface area (Å²) in [7, 11) is -0.757. The monoisotopic (exact) mass is 284 g/mol. The van der Waals surface area contributed by atoms with E-state index in [0.717, 1.165) is 0 Å². The lowest BCUT2D eigenvalue weighted by atomic mass is 10.1. The Bertz CT molecular complexity index is 169. The van der Waals surface area contributed by atoms with Crippen LogP contribution in [-0.2, 0) is 0 Å². The van der Waals surface area contributed by atoms with Crippen molar-refractivity contribution in [2.45, 2.75) is 116 Å². The van der Waals surface area contributed by atoms with E-state index >= 15 is 0 Å². The van der Waals surface area contributed by atoms with Crippen molar-refractivity contribution in [3.8, 4) is 0 Å². The molecule has 0 heterocycles.